The summed E-state index contributed by atoms with van der Waals surface area (Å²) in [7, 11) is -3.23. The number of para-hydroxylation sites is 1. The predicted octanol–water partition coefficient (Wildman–Crippen LogP) is 3.08. The summed E-state index contributed by atoms with van der Waals surface area (Å²) in [6.07, 6.45) is 4.57. The van der Waals surface area contributed by atoms with Gasteiger partial charge in [-0.3, -0.25) is 4.79 Å². The van der Waals surface area contributed by atoms with E-state index in [1.807, 2.05) is 18.2 Å². The highest BCUT2D eigenvalue weighted by atomic mass is 32.2. The van der Waals surface area contributed by atoms with Crippen LogP contribution in [-0.2, 0) is 16.3 Å². The zero-order valence-corrected chi connectivity index (χ0v) is 16.0. The first kappa shape index (κ1) is 18.3. The van der Waals surface area contributed by atoms with Gasteiger partial charge < -0.3 is 14.5 Å². The minimum absolute atomic E-state index is 0.165. The molecule has 1 atom stereocenters. The molecule has 0 radical (unpaired) electrons. The van der Waals surface area contributed by atoms with Crippen molar-refractivity contribution >= 4 is 15.7 Å². The molecule has 0 saturated heterocycles. The summed E-state index contributed by atoms with van der Waals surface area (Å²) in [6, 6.07) is 14.3. The number of sulfone groups is 1. The summed E-state index contributed by atoms with van der Waals surface area (Å²) < 4.78 is 34.3. The molecule has 0 unspecified atom stereocenters. The van der Waals surface area contributed by atoms with Crippen LogP contribution in [0.25, 0.3) is 11.1 Å². The third-order valence-corrected chi connectivity index (χ3v) is 5.82. The summed E-state index contributed by atoms with van der Waals surface area (Å²) in [4.78, 5) is 12.3. The van der Waals surface area contributed by atoms with Gasteiger partial charge in [0, 0.05) is 18.2 Å². The van der Waals surface area contributed by atoms with Crippen molar-refractivity contribution in [3.05, 3.63) is 72.2 Å². The first-order chi connectivity index (χ1) is 13.4. The molecule has 3 aromatic rings. The monoisotopic (exact) mass is 397 g/mol. The van der Waals surface area contributed by atoms with E-state index in [1.165, 1.54) is 18.8 Å². The van der Waals surface area contributed by atoms with Crippen molar-refractivity contribution in [1.29, 1.82) is 0 Å². The molecule has 6 nitrogen and oxygen atoms in total. The van der Waals surface area contributed by atoms with Gasteiger partial charge >= 0.3 is 0 Å². The minimum atomic E-state index is -3.23. The molecule has 1 amide bonds. The fourth-order valence-electron chi connectivity index (χ4n) is 3.26. The molecule has 28 heavy (non-hydrogen) atoms. The van der Waals surface area contributed by atoms with Crippen molar-refractivity contribution in [3.8, 4) is 16.9 Å². The first-order valence-electron chi connectivity index (χ1n) is 8.81. The van der Waals surface area contributed by atoms with Gasteiger partial charge in [-0.2, -0.15) is 0 Å². The molecule has 2 aromatic carbocycles. The Labute approximate surface area is 163 Å². The fraction of sp³-hybridized carbons (Fsp3) is 0.190. The largest absolute Gasteiger partial charge is 0.487 e. The van der Waals surface area contributed by atoms with E-state index in [1.54, 1.807) is 30.3 Å². The second kappa shape index (κ2) is 7.16. The van der Waals surface area contributed by atoms with E-state index in [0.717, 1.165) is 22.4 Å². The van der Waals surface area contributed by atoms with E-state index in [0.29, 0.717) is 18.5 Å². The van der Waals surface area contributed by atoms with Gasteiger partial charge in [0.25, 0.3) is 5.91 Å². The van der Waals surface area contributed by atoms with Crippen LogP contribution in [0.4, 0.5) is 0 Å². The number of ether oxygens (including phenoxy) is 1. The van der Waals surface area contributed by atoms with Gasteiger partial charge in [-0.05, 0) is 29.3 Å². The van der Waals surface area contributed by atoms with Crippen LogP contribution in [0, 0.1) is 0 Å². The molecule has 1 aliphatic rings. The summed E-state index contributed by atoms with van der Waals surface area (Å²) in [6.45, 7) is 0.380. The molecule has 0 spiro atoms. The lowest BCUT2D eigenvalue weighted by Gasteiger charge is -2.13. The summed E-state index contributed by atoms with van der Waals surface area (Å²) in [5, 5.41) is 2.85. The maximum absolute atomic E-state index is 12.1. The van der Waals surface area contributed by atoms with E-state index >= 15 is 0 Å². The van der Waals surface area contributed by atoms with Crippen molar-refractivity contribution < 1.29 is 22.4 Å². The molecule has 0 aliphatic carbocycles. The molecule has 144 valence electrons. The second-order valence-electron chi connectivity index (χ2n) is 6.76. The van der Waals surface area contributed by atoms with Crippen molar-refractivity contribution in [2.24, 2.45) is 0 Å². The quantitative estimate of drug-likeness (QED) is 0.715. The first-order valence-corrected chi connectivity index (χ1v) is 10.7. The lowest BCUT2D eigenvalue weighted by atomic mass is 10.0. The molecular formula is C21H19NO5S. The number of nitrogens with one attached hydrogen (secondary N) is 1. The average molecular weight is 397 g/mol. The van der Waals surface area contributed by atoms with E-state index in [9.17, 15) is 13.2 Å². The Morgan fingerprint density at radius 2 is 1.93 bits per heavy atom. The van der Waals surface area contributed by atoms with Crippen LogP contribution in [0.15, 0.2) is 70.4 Å². The van der Waals surface area contributed by atoms with Gasteiger partial charge in [0.1, 0.15) is 18.1 Å². The van der Waals surface area contributed by atoms with Crippen molar-refractivity contribution in [2.45, 2.75) is 17.4 Å². The average Bonchev–Trinajstić information content (AvgIpc) is 3.34. The molecule has 7 heteroatoms. The number of benzene rings is 2. The molecule has 4 rings (SSSR count). The van der Waals surface area contributed by atoms with Crippen LogP contribution in [0.1, 0.15) is 15.9 Å². The Morgan fingerprint density at radius 3 is 2.61 bits per heavy atom. The highest BCUT2D eigenvalue weighted by molar-refractivity contribution is 7.90. The molecule has 0 saturated carbocycles. The third-order valence-electron chi connectivity index (χ3n) is 4.70. The summed E-state index contributed by atoms with van der Waals surface area (Å²) >= 11 is 0. The van der Waals surface area contributed by atoms with Gasteiger partial charge in [-0.15, -0.1) is 0 Å². The molecule has 0 bridgehead atoms. The number of furan rings is 1. The van der Waals surface area contributed by atoms with Gasteiger partial charge in [0.05, 0.1) is 23.3 Å². The number of hydrogen-bond donors (Lipinski definition) is 1. The van der Waals surface area contributed by atoms with Crippen LogP contribution >= 0.6 is 0 Å². The van der Waals surface area contributed by atoms with Crippen LogP contribution in [0.2, 0.25) is 0 Å². The second-order valence-corrected chi connectivity index (χ2v) is 8.77. The lowest BCUT2D eigenvalue weighted by Crippen LogP contribution is -2.34. The van der Waals surface area contributed by atoms with Crippen LogP contribution in [0.5, 0.6) is 5.75 Å². The Bertz CT molecular complexity index is 1100. The SMILES string of the molecule is CS(=O)(=O)c1ccc(-c2cccc3c2O[C@H](CNC(=O)c2ccoc2)C3)cc1. The van der Waals surface area contributed by atoms with E-state index in [2.05, 4.69) is 5.32 Å². The summed E-state index contributed by atoms with van der Waals surface area (Å²) in [5.74, 6) is 0.571. The van der Waals surface area contributed by atoms with Crippen molar-refractivity contribution in [1.82, 2.24) is 5.32 Å². The van der Waals surface area contributed by atoms with Crippen LogP contribution in [-0.4, -0.2) is 33.2 Å². The topological polar surface area (TPSA) is 85.6 Å². The maximum atomic E-state index is 12.1. The van der Waals surface area contributed by atoms with Crippen LogP contribution < -0.4 is 10.1 Å². The molecular weight excluding hydrogens is 378 g/mol. The number of carbonyl (C=O) groups is 1. The number of amides is 1. The Balaban J connectivity index is 1.50. The summed E-state index contributed by atoms with van der Waals surface area (Å²) in [5.41, 5.74) is 3.32. The lowest BCUT2D eigenvalue weighted by molar-refractivity contribution is 0.0933. The Kier molecular flexibility index (Phi) is 4.68. The minimum Gasteiger partial charge on any atom is -0.487 e. The highest BCUT2D eigenvalue weighted by Gasteiger charge is 2.26. The molecule has 2 heterocycles. The van der Waals surface area contributed by atoms with E-state index in [-0.39, 0.29) is 16.9 Å². The van der Waals surface area contributed by atoms with E-state index in [4.69, 9.17) is 9.15 Å². The molecule has 0 fully saturated rings. The van der Waals surface area contributed by atoms with Crippen molar-refractivity contribution in [2.75, 3.05) is 12.8 Å². The predicted molar refractivity (Wildman–Crippen MR) is 104 cm³/mol. The normalized spacial score (nSPS) is 15.7. The zero-order valence-electron chi connectivity index (χ0n) is 15.2. The maximum Gasteiger partial charge on any atom is 0.254 e. The van der Waals surface area contributed by atoms with Gasteiger partial charge in [-0.25, -0.2) is 8.42 Å². The van der Waals surface area contributed by atoms with Gasteiger partial charge in [0.2, 0.25) is 0 Å². The standard InChI is InChI=1S/C21H19NO5S/c1-28(24,25)18-7-5-14(6-8-18)19-4-2-3-15-11-17(27-20(15)19)12-22-21(23)16-9-10-26-13-16/h2-10,13,17H,11-12H2,1H3,(H,22,23)/t17-/m0/s1. The third kappa shape index (κ3) is 3.66. The Hall–Kier alpha value is -3.06. The Morgan fingerprint density at radius 1 is 1.14 bits per heavy atom. The fourth-order valence-corrected chi connectivity index (χ4v) is 3.89. The zero-order chi connectivity index (χ0) is 19.7. The smallest absolute Gasteiger partial charge is 0.254 e. The number of carbonyl (C=O) groups excluding carboxylic acids is 1. The van der Waals surface area contributed by atoms with Crippen LogP contribution in [0.3, 0.4) is 0 Å². The van der Waals surface area contributed by atoms with Crippen molar-refractivity contribution in [3.63, 3.8) is 0 Å². The molecule has 1 N–H and O–H groups in total. The molecule has 1 aromatic heterocycles. The van der Waals surface area contributed by atoms with E-state index < -0.39 is 9.84 Å². The number of fused-ring (bicyclic) bond motifs is 1. The van der Waals surface area contributed by atoms with Gasteiger partial charge in [0.15, 0.2) is 9.84 Å². The number of hydrogen-bond acceptors (Lipinski definition) is 5. The highest BCUT2D eigenvalue weighted by Crippen LogP contribution is 2.38. The number of rotatable bonds is 5. The van der Waals surface area contributed by atoms with Gasteiger partial charge in [-0.1, -0.05) is 30.3 Å². The molecule has 1 aliphatic heterocycles.